The molecule has 0 N–H and O–H groups in total. The van der Waals surface area contributed by atoms with Crippen LogP contribution in [-0.4, -0.2) is 49.0 Å². The number of aryl methyl sites for hydroxylation is 2. The number of carbonyl (C=O) groups excluding carboxylic acids is 1. The maximum atomic E-state index is 12.8. The summed E-state index contributed by atoms with van der Waals surface area (Å²) in [7, 11) is 1.66. The Hall–Kier alpha value is -3.57. The molecule has 3 aromatic rings. The summed E-state index contributed by atoms with van der Waals surface area (Å²) in [4.78, 5) is 17.1. The first-order valence-corrected chi connectivity index (χ1v) is 12.1. The molecule has 5 nitrogen and oxygen atoms in total. The number of carbonyl (C=O) groups is 1. The standard InChI is InChI=1S/C30H34N2O3/c1-23-8-10-26(11-9-23)21-31-16-18-32(19-17-31)30(33)15-13-25-12-14-29(34-3)27(20-25)22-35-28-7-5-4-6-24(28)2/h4-15,20H,16-19,21-22H2,1-3H3/b15-13+. The Balaban J connectivity index is 1.32. The van der Waals surface area contributed by atoms with E-state index in [0.717, 1.165) is 60.9 Å². The molecule has 0 aliphatic carbocycles. The highest BCUT2D eigenvalue weighted by atomic mass is 16.5. The molecular weight excluding hydrogens is 436 g/mol. The van der Waals surface area contributed by atoms with Crippen molar-refractivity contribution in [1.29, 1.82) is 0 Å². The molecule has 0 saturated carbocycles. The molecule has 1 fully saturated rings. The van der Waals surface area contributed by atoms with Crippen molar-refractivity contribution in [2.45, 2.75) is 27.0 Å². The van der Waals surface area contributed by atoms with Gasteiger partial charge in [-0.1, -0.05) is 54.1 Å². The molecule has 1 saturated heterocycles. The number of piperazine rings is 1. The molecule has 0 bridgehead atoms. The van der Waals surface area contributed by atoms with E-state index >= 15 is 0 Å². The van der Waals surface area contributed by atoms with Crippen molar-refractivity contribution in [1.82, 2.24) is 9.80 Å². The average molecular weight is 471 g/mol. The predicted octanol–water partition coefficient (Wildman–Crippen LogP) is 5.25. The first-order chi connectivity index (χ1) is 17.0. The first kappa shape index (κ1) is 24.6. The van der Waals surface area contributed by atoms with Gasteiger partial charge in [-0.25, -0.2) is 0 Å². The third kappa shape index (κ3) is 6.74. The van der Waals surface area contributed by atoms with Crippen LogP contribution < -0.4 is 9.47 Å². The molecule has 4 rings (SSSR count). The largest absolute Gasteiger partial charge is 0.496 e. The number of amides is 1. The van der Waals surface area contributed by atoms with E-state index in [1.54, 1.807) is 13.2 Å². The first-order valence-electron chi connectivity index (χ1n) is 12.1. The van der Waals surface area contributed by atoms with Crippen LogP contribution in [0.25, 0.3) is 6.08 Å². The summed E-state index contributed by atoms with van der Waals surface area (Å²) in [6.07, 6.45) is 3.54. The highest BCUT2D eigenvalue weighted by molar-refractivity contribution is 5.91. The van der Waals surface area contributed by atoms with Gasteiger partial charge in [0.1, 0.15) is 18.1 Å². The van der Waals surface area contributed by atoms with E-state index in [0.29, 0.717) is 6.61 Å². The van der Waals surface area contributed by atoms with Crippen molar-refractivity contribution in [2.75, 3.05) is 33.3 Å². The Morgan fingerprint density at radius 1 is 0.914 bits per heavy atom. The number of ether oxygens (including phenoxy) is 2. The lowest BCUT2D eigenvalue weighted by Gasteiger charge is -2.34. The van der Waals surface area contributed by atoms with Gasteiger partial charge >= 0.3 is 0 Å². The van der Waals surface area contributed by atoms with Crippen molar-refractivity contribution >= 4 is 12.0 Å². The third-order valence-corrected chi connectivity index (χ3v) is 6.41. The van der Waals surface area contributed by atoms with E-state index in [2.05, 4.69) is 36.1 Å². The molecule has 1 aliphatic heterocycles. The van der Waals surface area contributed by atoms with Gasteiger partial charge in [-0.15, -0.1) is 0 Å². The number of rotatable bonds is 8. The molecular formula is C30H34N2O3. The molecule has 3 aromatic carbocycles. The van der Waals surface area contributed by atoms with Crippen LogP contribution in [0.3, 0.4) is 0 Å². The lowest BCUT2D eigenvalue weighted by Crippen LogP contribution is -2.47. The fourth-order valence-electron chi connectivity index (χ4n) is 4.24. The smallest absolute Gasteiger partial charge is 0.246 e. The fraction of sp³-hybridized carbons (Fsp3) is 0.300. The van der Waals surface area contributed by atoms with Gasteiger partial charge in [0.15, 0.2) is 0 Å². The Morgan fingerprint density at radius 2 is 1.66 bits per heavy atom. The minimum absolute atomic E-state index is 0.0496. The summed E-state index contributed by atoms with van der Waals surface area (Å²) in [5, 5.41) is 0. The number of para-hydroxylation sites is 1. The molecule has 0 atom stereocenters. The van der Waals surface area contributed by atoms with Crippen molar-refractivity contribution in [2.24, 2.45) is 0 Å². The van der Waals surface area contributed by atoms with Crippen molar-refractivity contribution in [3.05, 3.63) is 101 Å². The zero-order valence-corrected chi connectivity index (χ0v) is 20.9. The van der Waals surface area contributed by atoms with E-state index in [-0.39, 0.29) is 5.91 Å². The maximum absolute atomic E-state index is 12.8. The van der Waals surface area contributed by atoms with Crippen molar-refractivity contribution in [3.63, 3.8) is 0 Å². The van der Waals surface area contributed by atoms with E-state index < -0.39 is 0 Å². The van der Waals surface area contributed by atoms with Gasteiger partial charge in [-0.3, -0.25) is 9.69 Å². The Labute approximate surface area is 208 Å². The molecule has 182 valence electrons. The topological polar surface area (TPSA) is 42.0 Å². The summed E-state index contributed by atoms with van der Waals surface area (Å²) in [5.74, 6) is 1.67. The van der Waals surface area contributed by atoms with Gasteiger partial charge in [0.05, 0.1) is 7.11 Å². The van der Waals surface area contributed by atoms with E-state index in [1.807, 2.05) is 60.4 Å². The van der Waals surface area contributed by atoms with Crippen LogP contribution in [0.2, 0.25) is 0 Å². The van der Waals surface area contributed by atoms with Crippen LogP contribution in [0.1, 0.15) is 27.8 Å². The molecule has 0 radical (unpaired) electrons. The van der Waals surface area contributed by atoms with Gasteiger partial charge in [-0.2, -0.15) is 0 Å². The molecule has 1 aliphatic rings. The van der Waals surface area contributed by atoms with Crippen LogP contribution in [0.4, 0.5) is 0 Å². The number of benzene rings is 3. The van der Waals surface area contributed by atoms with Gasteiger partial charge in [0.2, 0.25) is 5.91 Å². The molecule has 5 heteroatoms. The van der Waals surface area contributed by atoms with Gasteiger partial charge in [0, 0.05) is 44.4 Å². The Morgan fingerprint density at radius 3 is 2.37 bits per heavy atom. The monoisotopic (exact) mass is 470 g/mol. The van der Waals surface area contributed by atoms with E-state index in [1.165, 1.54) is 11.1 Å². The predicted molar refractivity (Wildman–Crippen MR) is 141 cm³/mol. The summed E-state index contributed by atoms with van der Waals surface area (Å²) in [6, 6.07) is 22.5. The Bertz CT molecular complexity index is 1160. The second-order valence-electron chi connectivity index (χ2n) is 9.05. The molecule has 0 unspecified atom stereocenters. The number of methoxy groups -OCH3 is 1. The summed E-state index contributed by atoms with van der Waals surface area (Å²) in [6.45, 7) is 8.71. The second-order valence-corrected chi connectivity index (χ2v) is 9.05. The van der Waals surface area contributed by atoms with E-state index in [9.17, 15) is 4.79 Å². The molecule has 0 aromatic heterocycles. The average Bonchev–Trinajstić information content (AvgIpc) is 2.88. The quantitative estimate of drug-likeness (QED) is 0.422. The molecule has 1 amide bonds. The van der Waals surface area contributed by atoms with Gasteiger partial charge in [0.25, 0.3) is 0 Å². The van der Waals surface area contributed by atoms with Crippen LogP contribution in [0.15, 0.2) is 72.8 Å². The SMILES string of the molecule is COc1ccc(/C=C/C(=O)N2CCN(Cc3ccc(C)cc3)CC2)cc1COc1ccccc1C. The van der Waals surface area contributed by atoms with Gasteiger partial charge < -0.3 is 14.4 Å². The van der Waals surface area contributed by atoms with Crippen LogP contribution in [0, 0.1) is 13.8 Å². The van der Waals surface area contributed by atoms with Crippen molar-refractivity contribution in [3.8, 4) is 11.5 Å². The van der Waals surface area contributed by atoms with E-state index in [4.69, 9.17) is 9.47 Å². The molecule has 35 heavy (non-hydrogen) atoms. The zero-order chi connectivity index (χ0) is 24.6. The van der Waals surface area contributed by atoms with Crippen LogP contribution >= 0.6 is 0 Å². The summed E-state index contributed by atoms with van der Waals surface area (Å²) >= 11 is 0. The highest BCUT2D eigenvalue weighted by Crippen LogP contribution is 2.24. The Kier molecular flexibility index (Phi) is 8.22. The minimum Gasteiger partial charge on any atom is -0.496 e. The van der Waals surface area contributed by atoms with Crippen LogP contribution in [-0.2, 0) is 17.9 Å². The number of nitrogens with zero attached hydrogens (tertiary/aromatic N) is 2. The molecule has 1 heterocycles. The number of hydrogen-bond acceptors (Lipinski definition) is 4. The number of hydrogen-bond donors (Lipinski definition) is 0. The third-order valence-electron chi connectivity index (χ3n) is 6.41. The van der Waals surface area contributed by atoms with Gasteiger partial charge in [-0.05, 0) is 54.8 Å². The van der Waals surface area contributed by atoms with Crippen LogP contribution in [0.5, 0.6) is 11.5 Å². The maximum Gasteiger partial charge on any atom is 0.246 e. The molecule has 0 spiro atoms. The minimum atomic E-state index is 0.0496. The summed E-state index contributed by atoms with van der Waals surface area (Å²) in [5.41, 5.74) is 5.57. The highest BCUT2D eigenvalue weighted by Gasteiger charge is 2.19. The normalized spacial score (nSPS) is 14.3. The zero-order valence-electron chi connectivity index (χ0n) is 20.9. The van der Waals surface area contributed by atoms with Crippen molar-refractivity contribution < 1.29 is 14.3 Å². The lowest BCUT2D eigenvalue weighted by atomic mass is 10.1. The fourth-order valence-corrected chi connectivity index (χ4v) is 4.24. The second kappa shape index (κ2) is 11.7. The lowest BCUT2D eigenvalue weighted by molar-refractivity contribution is -0.127. The summed E-state index contributed by atoms with van der Waals surface area (Å²) < 4.78 is 11.5.